The van der Waals surface area contributed by atoms with E-state index in [4.69, 9.17) is 17.3 Å². The fraction of sp³-hybridized carbons (Fsp3) is 0.417. The van der Waals surface area contributed by atoms with Crippen LogP contribution in [-0.4, -0.2) is 27.1 Å². The maximum absolute atomic E-state index is 12.4. The van der Waals surface area contributed by atoms with Gasteiger partial charge in [-0.25, -0.2) is 4.98 Å². The molecule has 7 heteroatoms. The highest BCUT2D eigenvalue weighted by Gasteiger charge is 2.21. The lowest BCUT2D eigenvalue weighted by Gasteiger charge is -2.04. The van der Waals surface area contributed by atoms with Crippen LogP contribution in [0.1, 0.15) is 34.5 Å². The summed E-state index contributed by atoms with van der Waals surface area (Å²) >= 11 is 7.48. The Kier molecular flexibility index (Phi) is 4.68. The first-order valence-electron chi connectivity index (χ1n) is 6.07. The van der Waals surface area contributed by atoms with Crippen molar-refractivity contribution in [3.05, 3.63) is 33.0 Å². The van der Waals surface area contributed by atoms with Gasteiger partial charge >= 0.3 is 0 Å². The van der Waals surface area contributed by atoms with Crippen LogP contribution in [0, 0.1) is 0 Å². The van der Waals surface area contributed by atoms with E-state index in [1.165, 1.54) is 17.5 Å². The summed E-state index contributed by atoms with van der Waals surface area (Å²) in [6, 6.07) is 0. The van der Waals surface area contributed by atoms with Crippen LogP contribution in [-0.2, 0) is 13.0 Å². The maximum Gasteiger partial charge on any atom is 0.231 e. The van der Waals surface area contributed by atoms with Crippen molar-refractivity contribution < 1.29 is 4.79 Å². The average Bonchev–Trinajstić information content (AvgIpc) is 2.98. The Balaban J connectivity index is 2.29. The summed E-state index contributed by atoms with van der Waals surface area (Å²) in [7, 11) is 0. The largest absolute Gasteiger partial charge is 0.330 e. The number of nitrogens with zero attached hydrogens (tertiary/aromatic N) is 3. The molecule has 5 nitrogen and oxygen atoms in total. The van der Waals surface area contributed by atoms with Crippen LogP contribution in [0.25, 0.3) is 0 Å². The van der Waals surface area contributed by atoms with Crippen LogP contribution < -0.4 is 5.73 Å². The van der Waals surface area contributed by atoms with Gasteiger partial charge in [-0.2, -0.15) is 5.10 Å². The highest BCUT2D eigenvalue weighted by atomic mass is 35.5. The summed E-state index contributed by atoms with van der Waals surface area (Å²) in [6.07, 6.45) is 3.06. The zero-order valence-corrected chi connectivity index (χ0v) is 12.2. The zero-order valence-electron chi connectivity index (χ0n) is 10.6. The minimum absolute atomic E-state index is 0.185. The van der Waals surface area contributed by atoms with E-state index in [1.54, 1.807) is 10.1 Å². The lowest BCUT2D eigenvalue weighted by Crippen LogP contribution is -2.12. The molecule has 0 spiro atoms. The number of rotatable bonds is 6. The van der Waals surface area contributed by atoms with Crippen molar-refractivity contribution in [3.8, 4) is 0 Å². The Hall–Kier alpha value is -1.24. The first-order chi connectivity index (χ1) is 9.17. The number of thiazole rings is 1. The topological polar surface area (TPSA) is 73.8 Å². The lowest BCUT2D eigenvalue weighted by atomic mass is 10.2. The molecule has 2 rings (SSSR count). The van der Waals surface area contributed by atoms with Gasteiger partial charge in [-0.1, -0.05) is 18.5 Å². The third-order valence-corrected chi connectivity index (χ3v) is 3.77. The smallest absolute Gasteiger partial charge is 0.231 e. The molecule has 2 heterocycles. The summed E-state index contributed by atoms with van der Waals surface area (Å²) in [4.78, 5) is 16.7. The predicted octanol–water partition coefficient (Wildman–Crippen LogP) is 2.14. The standard InChI is InChI=1S/C12H15ClN4OS/c1-2-5-17-11(8(13)6-15-17)12(18)9-7-19-10(16-9)3-4-14/h6-7H,2-5,14H2,1H3. The molecule has 0 amide bonds. The summed E-state index contributed by atoms with van der Waals surface area (Å²) in [5, 5.41) is 7.09. The molecular formula is C12H15ClN4OS. The second kappa shape index (κ2) is 6.27. The number of ketones is 1. The van der Waals surface area contributed by atoms with Crippen LogP contribution >= 0.6 is 22.9 Å². The first-order valence-corrected chi connectivity index (χ1v) is 7.33. The number of halogens is 1. The normalized spacial score (nSPS) is 10.9. The third kappa shape index (κ3) is 3.02. The van der Waals surface area contributed by atoms with Gasteiger partial charge in [-0.15, -0.1) is 11.3 Å². The van der Waals surface area contributed by atoms with Crippen LogP contribution in [0.5, 0.6) is 0 Å². The molecule has 19 heavy (non-hydrogen) atoms. The zero-order chi connectivity index (χ0) is 13.8. The quantitative estimate of drug-likeness (QED) is 0.829. The van der Waals surface area contributed by atoms with Crippen molar-refractivity contribution in [2.45, 2.75) is 26.3 Å². The Morgan fingerprint density at radius 3 is 3.05 bits per heavy atom. The molecule has 0 saturated carbocycles. The van der Waals surface area contributed by atoms with Gasteiger partial charge in [0.05, 0.1) is 16.2 Å². The van der Waals surface area contributed by atoms with E-state index in [9.17, 15) is 4.79 Å². The maximum atomic E-state index is 12.4. The van der Waals surface area contributed by atoms with Crippen molar-refractivity contribution in [3.63, 3.8) is 0 Å². The van der Waals surface area contributed by atoms with E-state index >= 15 is 0 Å². The van der Waals surface area contributed by atoms with Gasteiger partial charge in [0.15, 0.2) is 0 Å². The highest BCUT2D eigenvalue weighted by molar-refractivity contribution is 7.09. The summed E-state index contributed by atoms with van der Waals surface area (Å²) in [6.45, 7) is 3.20. The summed E-state index contributed by atoms with van der Waals surface area (Å²) in [5.74, 6) is -0.185. The molecule has 0 fully saturated rings. The number of nitrogens with two attached hydrogens (primary N) is 1. The average molecular weight is 299 g/mol. The fourth-order valence-electron chi connectivity index (χ4n) is 1.74. The number of hydrogen-bond acceptors (Lipinski definition) is 5. The van der Waals surface area contributed by atoms with Gasteiger partial charge in [0, 0.05) is 18.3 Å². The highest BCUT2D eigenvalue weighted by Crippen LogP contribution is 2.21. The van der Waals surface area contributed by atoms with E-state index < -0.39 is 0 Å². The van der Waals surface area contributed by atoms with Crippen molar-refractivity contribution in [2.24, 2.45) is 5.73 Å². The Morgan fingerprint density at radius 1 is 1.58 bits per heavy atom. The molecular weight excluding hydrogens is 284 g/mol. The van der Waals surface area contributed by atoms with Gasteiger partial charge < -0.3 is 5.73 Å². The van der Waals surface area contributed by atoms with Gasteiger partial charge in [0.25, 0.3) is 0 Å². The molecule has 0 atom stereocenters. The molecule has 2 aromatic heterocycles. The monoisotopic (exact) mass is 298 g/mol. The van der Waals surface area contributed by atoms with E-state index in [1.807, 2.05) is 6.92 Å². The molecule has 0 aliphatic heterocycles. The van der Waals surface area contributed by atoms with Crippen LogP contribution in [0.4, 0.5) is 0 Å². The van der Waals surface area contributed by atoms with E-state index in [0.717, 1.165) is 11.4 Å². The molecule has 0 aromatic carbocycles. The minimum atomic E-state index is -0.185. The van der Waals surface area contributed by atoms with Crippen LogP contribution in [0.3, 0.4) is 0 Å². The second-order valence-corrected chi connectivity index (χ2v) is 5.41. The molecule has 0 aliphatic carbocycles. The van der Waals surface area contributed by atoms with Crippen molar-refractivity contribution in [1.29, 1.82) is 0 Å². The Bertz CT molecular complexity index is 578. The number of aryl methyl sites for hydroxylation is 1. The minimum Gasteiger partial charge on any atom is -0.330 e. The van der Waals surface area contributed by atoms with Gasteiger partial charge in [0.1, 0.15) is 11.4 Å². The van der Waals surface area contributed by atoms with Crippen molar-refractivity contribution in [1.82, 2.24) is 14.8 Å². The SMILES string of the molecule is CCCn1ncc(Cl)c1C(=O)c1csc(CCN)n1. The number of aromatic nitrogens is 3. The summed E-state index contributed by atoms with van der Waals surface area (Å²) in [5.41, 5.74) is 6.30. The molecule has 102 valence electrons. The molecule has 0 saturated heterocycles. The molecule has 0 bridgehead atoms. The van der Waals surface area contributed by atoms with Gasteiger partial charge in [-0.3, -0.25) is 9.48 Å². The van der Waals surface area contributed by atoms with Crippen molar-refractivity contribution in [2.75, 3.05) is 6.54 Å². The lowest BCUT2D eigenvalue weighted by molar-refractivity contribution is 0.102. The fourth-order valence-corrected chi connectivity index (χ4v) is 2.77. The molecule has 0 aliphatic rings. The molecule has 0 radical (unpaired) electrons. The number of hydrogen-bond donors (Lipinski definition) is 1. The van der Waals surface area contributed by atoms with Crippen molar-refractivity contribution >= 4 is 28.7 Å². The van der Waals surface area contributed by atoms with E-state index in [2.05, 4.69) is 10.1 Å². The molecule has 2 N–H and O–H groups in total. The second-order valence-electron chi connectivity index (χ2n) is 4.06. The molecule has 0 unspecified atom stereocenters. The Morgan fingerprint density at radius 2 is 2.37 bits per heavy atom. The number of carbonyl (C=O) groups is 1. The predicted molar refractivity (Wildman–Crippen MR) is 75.8 cm³/mol. The summed E-state index contributed by atoms with van der Waals surface area (Å²) < 4.78 is 1.63. The number of carbonyl (C=O) groups excluding carboxylic acids is 1. The van der Waals surface area contributed by atoms with Crippen LogP contribution in [0.15, 0.2) is 11.6 Å². The van der Waals surface area contributed by atoms with Gasteiger partial charge in [0.2, 0.25) is 5.78 Å². The third-order valence-electron chi connectivity index (χ3n) is 2.59. The Labute approximate surface area is 120 Å². The van der Waals surface area contributed by atoms with E-state index in [-0.39, 0.29) is 5.78 Å². The molecule has 2 aromatic rings. The first kappa shape index (κ1) is 14.2. The van der Waals surface area contributed by atoms with E-state index in [0.29, 0.717) is 35.9 Å². The van der Waals surface area contributed by atoms with Gasteiger partial charge in [-0.05, 0) is 13.0 Å². The van der Waals surface area contributed by atoms with Crippen LogP contribution in [0.2, 0.25) is 5.02 Å².